The second kappa shape index (κ2) is 5.18. The molecule has 2 amide bonds. The number of anilines is 1. The largest absolute Gasteiger partial charge is 0.274 e. The fourth-order valence-corrected chi connectivity index (χ4v) is 6.77. The van der Waals surface area contributed by atoms with Gasteiger partial charge < -0.3 is 0 Å². The topological polar surface area (TPSA) is 37.4 Å². The van der Waals surface area contributed by atoms with Gasteiger partial charge in [0.15, 0.2) is 4.33 Å². The molecule has 0 spiro atoms. The van der Waals surface area contributed by atoms with Crippen LogP contribution in [0.5, 0.6) is 0 Å². The number of halogens is 7. The van der Waals surface area contributed by atoms with Crippen molar-refractivity contribution in [1.29, 1.82) is 0 Å². The Balaban J connectivity index is 1.90. The van der Waals surface area contributed by atoms with Crippen LogP contribution in [-0.4, -0.2) is 25.9 Å². The van der Waals surface area contributed by atoms with Gasteiger partial charge in [-0.3, -0.25) is 9.59 Å². The molecule has 0 radical (unpaired) electrons. The molecule has 3 aliphatic rings. The Kier molecular flexibility index (Phi) is 3.76. The summed E-state index contributed by atoms with van der Waals surface area (Å²) in [5.74, 6) is -4.26. The standard InChI is InChI=1S/C15H6Cl6FNO2/c16-9-10(17)14(19)8-7(13(9,18)15(14,20)21)11(24)23(12(8)25)6-3-1-5(22)2-4-6/h1-4,7-8H/t7-,8-,13-,14-/m1/s1. The molecule has 0 N–H and O–H groups in total. The van der Waals surface area contributed by atoms with E-state index in [1.165, 1.54) is 12.1 Å². The molecule has 2 bridgehead atoms. The van der Waals surface area contributed by atoms with Gasteiger partial charge in [-0.05, 0) is 24.3 Å². The van der Waals surface area contributed by atoms with Gasteiger partial charge in [-0.25, -0.2) is 9.29 Å². The number of amides is 2. The zero-order valence-electron chi connectivity index (χ0n) is 11.9. The number of carbonyl (C=O) groups is 2. The second-order valence-corrected chi connectivity index (χ2v) is 9.35. The Morgan fingerprint density at radius 1 is 0.840 bits per heavy atom. The number of hydrogen-bond donors (Lipinski definition) is 0. The van der Waals surface area contributed by atoms with Crippen LogP contribution in [0.15, 0.2) is 34.3 Å². The van der Waals surface area contributed by atoms with E-state index in [1.54, 1.807) is 0 Å². The van der Waals surface area contributed by atoms with E-state index in [1.807, 2.05) is 0 Å². The number of rotatable bonds is 1. The third kappa shape index (κ3) is 1.77. The summed E-state index contributed by atoms with van der Waals surface area (Å²) in [7, 11) is 0. The van der Waals surface area contributed by atoms with E-state index in [9.17, 15) is 14.0 Å². The molecule has 1 aliphatic heterocycles. The highest BCUT2D eigenvalue weighted by Crippen LogP contribution is 2.77. The van der Waals surface area contributed by atoms with Gasteiger partial charge in [0.05, 0.1) is 27.6 Å². The summed E-state index contributed by atoms with van der Waals surface area (Å²) in [6, 6.07) is 4.83. The van der Waals surface area contributed by atoms with Crippen LogP contribution in [0.25, 0.3) is 0 Å². The Hall–Kier alpha value is -0.230. The number of alkyl halides is 4. The van der Waals surface area contributed by atoms with Crippen LogP contribution in [0.2, 0.25) is 0 Å². The third-order valence-corrected chi connectivity index (χ3v) is 9.25. The van der Waals surface area contributed by atoms with Crippen molar-refractivity contribution in [2.24, 2.45) is 11.8 Å². The number of carbonyl (C=O) groups excluding carboxylic acids is 2. The zero-order valence-corrected chi connectivity index (χ0v) is 16.4. The minimum absolute atomic E-state index is 0.154. The van der Waals surface area contributed by atoms with Gasteiger partial charge >= 0.3 is 0 Å². The predicted molar refractivity (Wildman–Crippen MR) is 96.2 cm³/mol. The van der Waals surface area contributed by atoms with Crippen molar-refractivity contribution in [2.45, 2.75) is 14.1 Å². The van der Waals surface area contributed by atoms with E-state index in [0.29, 0.717) is 0 Å². The molecule has 1 saturated carbocycles. The van der Waals surface area contributed by atoms with Crippen molar-refractivity contribution in [3.8, 4) is 0 Å². The number of imide groups is 1. The monoisotopic (exact) mass is 461 g/mol. The molecule has 1 saturated heterocycles. The van der Waals surface area contributed by atoms with Gasteiger partial charge in [-0.15, -0.1) is 23.2 Å². The summed E-state index contributed by atoms with van der Waals surface area (Å²) in [5, 5.41) is -0.307. The van der Waals surface area contributed by atoms with Gasteiger partial charge in [0.25, 0.3) is 0 Å². The molecule has 4 atom stereocenters. The summed E-state index contributed by atoms with van der Waals surface area (Å²) >= 11 is 38.3. The van der Waals surface area contributed by atoms with Gasteiger partial charge in [0.2, 0.25) is 11.8 Å². The Labute approximate surface area is 171 Å². The lowest BCUT2D eigenvalue weighted by Crippen LogP contribution is -2.50. The molecule has 1 aromatic rings. The summed E-state index contributed by atoms with van der Waals surface area (Å²) in [6.45, 7) is 0. The lowest BCUT2D eigenvalue weighted by atomic mass is 9.84. The van der Waals surface area contributed by atoms with E-state index < -0.39 is 43.5 Å². The minimum atomic E-state index is -1.97. The number of fused-ring (bicyclic) bond motifs is 5. The Morgan fingerprint density at radius 2 is 1.24 bits per heavy atom. The quantitative estimate of drug-likeness (QED) is 0.444. The van der Waals surface area contributed by atoms with Crippen molar-refractivity contribution < 1.29 is 14.0 Å². The van der Waals surface area contributed by atoms with Crippen molar-refractivity contribution in [2.75, 3.05) is 4.90 Å². The number of hydrogen-bond acceptors (Lipinski definition) is 2. The van der Waals surface area contributed by atoms with E-state index in [4.69, 9.17) is 69.6 Å². The number of benzene rings is 1. The maximum Gasteiger partial charge on any atom is 0.240 e. The molecule has 132 valence electrons. The van der Waals surface area contributed by atoms with Crippen LogP contribution >= 0.6 is 69.6 Å². The van der Waals surface area contributed by atoms with Crippen LogP contribution in [0.4, 0.5) is 10.1 Å². The first-order valence-electron chi connectivity index (χ1n) is 6.96. The van der Waals surface area contributed by atoms with Crippen LogP contribution < -0.4 is 4.90 Å². The maximum atomic E-state index is 13.2. The van der Waals surface area contributed by atoms with Gasteiger partial charge in [-0.2, -0.15) is 0 Å². The molecule has 4 rings (SSSR count). The van der Waals surface area contributed by atoms with E-state index in [2.05, 4.69) is 0 Å². The summed E-state index contributed by atoms with van der Waals surface area (Å²) < 4.78 is 11.2. The lowest BCUT2D eigenvalue weighted by molar-refractivity contribution is -0.123. The molecule has 2 aliphatic carbocycles. The highest BCUT2D eigenvalue weighted by Gasteiger charge is 2.87. The average molecular weight is 464 g/mol. The van der Waals surface area contributed by atoms with Crippen LogP contribution in [0.3, 0.4) is 0 Å². The maximum absolute atomic E-state index is 13.2. The van der Waals surface area contributed by atoms with Crippen molar-refractivity contribution in [3.05, 3.63) is 40.1 Å². The molecule has 0 aromatic heterocycles. The van der Waals surface area contributed by atoms with Gasteiger partial charge in [-0.1, -0.05) is 46.4 Å². The fraction of sp³-hybridized carbons (Fsp3) is 0.333. The highest BCUT2D eigenvalue weighted by molar-refractivity contribution is 6.67. The Bertz CT molecular complexity index is 825. The molecule has 25 heavy (non-hydrogen) atoms. The minimum Gasteiger partial charge on any atom is -0.274 e. The second-order valence-electron chi connectivity index (χ2n) is 6.07. The molecule has 0 unspecified atom stereocenters. The van der Waals surface area contributed by atoms with E-state index in [-0.39, 0.29) is 15.8 Å². The van der Waals surface area contributed by atoms with E-state index >= 15 is 0 Å². The normalized spacial score (nSPS) is 38.8. The summed E-state index contributed by atoms with van der Waals surface area (Å²) in [4.78, 5) is 23.2. The molecule has 1 aromatic carbocycles. The average Bonchev–Trinajstić information content (AvgIpc) is 2.94. The lowest BCUT2D eigenvalue weighted by Gasteiger charge is -2.34. The van der Waals surface area contributed by atoms with Crippen molar-refractivity contribution >= 4 is 87.1 Å². The van der Waals surface area contributed by atoms with Crippen LogP contribution in [0.1, 0.15) is 0 Å². The third-order valence-electron chi connectivity index (χ3n) is 4.99. The predicted octanol–water partition coefficient (Wildman–Crippen LogP) is 4.78. The smallest absolute Gasteiger partial charge is 0.240 e. The first-order chi connectivity index (χ1) is 11.5. The van der Waals surface area contributed by atoms with Gasteiger partial charge in [0.1, 0.15) is 15.6 Å². The molecule has 1 heterocycles. The summed E-state index contributed by atoms with van der Waals surface area (Å²) in [6.07, 6.45) is 0. The highest BCUT2D eigenvalue weighted by atomic mass is 35.5. The van der Waals surface area contributed by atoms with Crippen LogP contribution in [0, 0.1) is 17.7 Å². The molecule has 3 nitrogen and oxygen atoms in total. The first-order valence-corrected chi connectivity index (χ1v) is 9.23. The molecule has 10 heteroatoms. The van der Waals surface area contributed by atoms with Gasteiger partial charge in [0, 0.05) is 0 Å². The van der Waals surface area contributed by atoms with Crippen LogP contribution in [-0.2, 0) is 9.59 Å². The molecular weight excluding hydrogens is 458 g/mol. The number of allylic oxidation sites excluding steroid dienone is 2. The summed E-state index contributed by atoms with van der Waals surface area (Å²) in [5.41, 5.74) is 0.174. The van der Waals surface area contributed by atoms with E-state index in [0.717, 1.165) is 17.0 Å². The molecular formula is C15H6Cl6FNO2. The number of nitrogens with zero attached hydrogens (tertiary/aromatic N) is 1. The zero-order chi connectivity index (χ0) is 18.5. The first kappa shape index (κ1) is 18.1. The SMILES string of the molecule is O=C1[C@H]2[C@H](C(=O)N1c1ccc(F)cc1)[C@@]1(Cl)C(Cl)=C(Cl)[C@@]2(Cl)C1(Cl)Cl. The van der Waals surface area contributed by atoms with Crippen molar-refractivity contribution in [1.82, 2.24) is 0 Å². The fourth-order valence-electron chi connectivity index (χ4n) is 3.84. The molecule has 2 fully saturated rings. The van der Waals surface area contributed by atoms with Crippen molar-refractivity contribution in [3.63, 3.8) is 0 Å². The Morgan fingerprint density at radius 3 is 1.64 bits per heavy atom.